The summed E-state index contributed by atoms with van der Waals surface area (Å²) in [7, 11) is 0. The molecular formula is C4H3N3O3S. The van der Waals surface area contributed by atoms with Crippen LogP contribution in [-0.2, 0) is 0 Å². The molecule has 0 bridgehead atoms. The van der Waals surface area contributed by atoms with E-state index in [0.717, 1.165) is 0 Å². The van der Waals surface area contributed by atoms with Gasteiger partial charge in [0.25, 0.3) is 0 Å². The maximum absolute atomic E-state index is 10.6. The van der Waals surface area contributed by atoms with Crippen LogP contribution in [0.2, 0.25) is 0 Å². The standard InChI is InChI=1S/C4H3N3O3S/c1-2(8)3-5-6-4(11-3)7(9)10/h1H3. The van der Waals surface area contributed by atoms with Gasteiger partial charge in [-0.3, -0.25) is 4.79 Å². The first-order valence-electron chi connectivity index (χ1n) is 2.60. The van der Waals surface area contributed by atoms with Gasteiger partial charge in [-0.25, -0.2) is 0 Å². The summed E-state index contributed by atoms with van der Waals surface area (Å²) in [6, 6.07) is 0. The van der Waals surface area contributed by atoms with Crippen molar-refractivity contribution < 1.29 is 9.72 Å². The van der Waals surface area contributed by atoms with E-state index in [-0.39, 0.29) is 15.9 Å². The van der Waals surface area contributed by atoms with Crippen LogP contribution in [0.15, 0.2) is 0 Å². The molecule has 58 valence electrons. The van der Waals surface area contributed by atoms with Crippen molar-refractivity contribution in [3.05, 3.63) is 15.1 Å². The van der Waals surface area contributed by atoms with Gasteiger partial charge in [0.15, 0.2) is 5.78 Å². The van der Waals surface area contributed by atoms with Gasteiger partial charge in [-0.15, -0.1) is 0 Å². The SMILES string of the molecule is CC(=O)c1nnc([N+](=O)[O-])s1. The highest BCUT2D eigenvalue weighted by Gasteiger charge is 2.17. The molecule has 0 amide bonds. The zero-order valence-electron chi connectivity index (χ0n) is 5.47. The van der Waals surface area contributed by atoms with Gasteiger partial charge in [-0.1, -0.05) is 0 Å². The van der Waals surface area contributed by atoms with Crippen LogP contribution in [0.3, 0.4) is 0 Å². The monoisotopic (exact) mass is 173 g/mol. The summed E-state index contributed by atoms with van der Waals surface area (Å²) >= 11 is 0.678. The fourth-order valence-corrected chi connectivity index (χ4v) is 0.986. The fraction of sp³-hybridized carbons (Fsp3) is 0.250. The number of ketones is 1. The van der Waals surface area contributed by atoms with Gasteiger partial charge in [0.05, 0.1) is 5.10 Å². The first-order valence-corrected chi connectivity index (χ1v) is 3.41. The Balaban J connectivity index is 2.99. The van der Waals surface area contributed by atoms with Gasteiger partial charge in [0, 0.05) is 6.92 Å². The summed E-state index contributed by atoms with van der Waals surface area (Å²) in [6.45, 7) is 1.28. The number of Topliss-reactive ketones (excluding diaryl/α,β-unsaturated/α-hetero) is 1. The van der Waals surface area contributed by atoms with E-state index in [1.54, 1.807) is 0 Å². The van der Waals surface area contributed by atoms with Crippen LogP contribution < -0.4 is 0 Å². The molecular weight excluding hydrogens is 170 g/mol. The van der Waals surface area contributed by atoms with Gasteiger partial charge in [-0.2, -0.15) is 0 Å². The van der Waals surface area contributed by atoms with E-state index in [2.05, 4.69) is 10.2 Å². The lowest BCUT2D eigenvalue weighted by Gasteiger charge is -1.80. The molecule has 0 spiro atoms. The number of rotatable bonds is 2. The molecule has 0 radical (unpaired) electrons. The molecule has 11 heavy (non-hydrogen) atoms. The summed E-state index contributed by atoms with van der Waals surface area (Å²) in [6.07, 6.45) is 0. The molecule has 0 atom stereocenters. The normalized spacial score (nSPS) is 9.55. The van der Waals surface area contributed by atoms with E-state index in [1.165, 1.54) is 6.92 Å². The van der Waals surface area contributed by atoms with Crippen LogP contribution in [0.25, 0.3) is 0 Å². The molecule has 0 aliphatic heterocycles. The second kappa shape index (κ2) is 2.70. The van der Waals surface area contributed by atoms with Crippen LogP contribution in [0.4, 0.5) is 5.13 Å². The van der Waals surface area contributed by atoms with Gasteiger partial charge in [0.2, 0.25) is 5.01 Å². The lowest BCUT2D eigenvalue weighted by molar-refractivity contribution is -0.385. The average Bonchev–Trinajstić information content (AvgIpc) is 2.33. The maximum Gasteiger partial charge on any atom is 0.450 e. The van der Waals surface area contributed by atoms with Crippen molar-refractivity contribution in [1.29, 1.82) is 0 Å². The second-order valence-electron chi connectivity index (χ2n) is 1.70. The molecule has 0 aromatic carbocycles. The van der Waals surface area contributed by atoms with Gasteiger partial charge >= 0.3 is 5.13 Å². The minimum absolute atomic E-state index is 0.0664. The zero-order valence-corrected chi connectivity index (χ0v) is 6.29. The minimum Gasteiger partial charge on any atom is -0.357 e. The molecule has 0 fully saturated rings. The highest BCUT2D eigenvalue weighted by atomic mass is 32.1. The Hall–Kier alpha value is -1.37. The molecule has 7 heteroatoms. The lowest BCUT2D eigenvalue weighted by atomic mass is 10.5. The summed E-state index contributed by atoms with van der Waals surface area (Å²) in [4.78, 5) is 19.9. The van der Waals surface area contributed by atoms with Gasteiger partial charge in [0.1, 0.15) is 0 Å². The van der Waals surface area contributed by atoms with Crippen molar-refractivity contribution in [2.24, 2.45) is 0 Å². The Labute approximate surface area is 65.0 Å². The lowest BCUT2D eigenvalue weighted by Crippen LogP contribution is -1.88. The molecule has 1 heterocycles. The van der Waals surface area contributed by atoms with E-state index >= 15 is 0 Å². The van der Waals surface area contributed by atoms with Crippen LogP contribution >= 0.6 is 11.3 Å². The number of carbonyl (C=O) groups is 1. The second-order valence-corrected chi connectivity index (χ2v) is 2.66. The predicted molar refractivity (Wildman–Crippen MR) is 36.6 cm³/mol. The van der Waals surface area contributed by atoms with Crippen molar-refractivity contribution >= 4 is 22.3 Å². The Morgan fingerprint density at radius 3 is 2.55 bits per heavy atom. The van der Waals surface area contributed by atoms with Crippen LogP contribution in [0.5, 0.6) is 0 Å². The molecule has 6 nitrogen and oxygen atoms in total. The number of nitro groups is 1. The summed E-state index contributed by atoms with van der Waals surface area (Å²) in [5.74, 6) is -0.310. The number of nitrogens with zero attached hydrogens (tertiary/aromatic N) is 3. The smallest absolute Gasteiger partial charge is 0.357 e. The first kappa shape index (κ1) is 7.73. The largest absolute Gasteiger partial charge is 0.450 e. The third kappa shape index (κ3) is 1.55. The Bertz CT molecular complexity index is 279. The van der Waals surface area contributed by atoms with E-state index in [0.29, 0.717) is 11.3 Å². The fourth-order valence-electron chi connectivity index (χ4n) is 0.432. The average molecular weight is 173 g/mol. The van der Waals surface area contributed by atoms with E-state index in [1.807, 2.05) is 0 Å². The molecule has 0 unspecified atom stereocenters. The Kier molecular flexibility index (Phi) is 1.90. The first-order chi connectivity index (χ1) is 5.11. The van der Waals surface area contributed by atoms with Crippen molar-refractivity contribution in [3.8, 4) is 0 Å². The van der Waals surface area contributed by atoms with E-state index in [9.17, 15) is 14.9 Å². The number of hydrogen-bond acceptors (Lipinski definition) is 6. The molecule has 0 saturated carbocycles. The third-order valence-electron chi connectivity index (χ3n) is 0.872. The molecule has 0 aliphatic rings. The molecule has 0 aliphatic carbocycles. The highest BCUT2D eigenvalue weighted by molar-refractivity contribution is 7.16. The van der Waals surface area contributed by atoms with E-state index in [4.69, 9.17) is 0 Å². The molecule has 0 saturated heterocycles. The number of hydrogen-bond donors (Lipinski definition) is 0. The molecule has 1 rings (SSSR count). The highest BCUT2D eigenvalue weighted by Crippen LogP contribution is 2.16. The number of aromatic nitrogens is 2. The van der Waals surface area contributed by atoms with Crippen molar-refractivity contribution in [1.82, 2.24) is 10.2 Å². The van der Waals surface area contributed by atoms with Crippen LogP contribution in [0.1, 0.15) is 16.7 Å². The van der Waals surface area contributed by atoms with Crippen LogP contribution in [-0.4, -0.2) is 20.9 Å². The van der Waals surface area contributed by atoms with E-state index < -0.39 is 4.92 Å². The minimum atomic E-state index is -0.676. The molecule has 0 N–H and O–H groups in total. The van der Waals surface area contributed by atoms with Gasteiger partial charge in [-0.05, 0) is 21.4 Å². The zero-order chi connectivity index (χ0) is 8.43. The molecule has 1 aromatic heterocycles. The Morgan fingerprint density at radius 2 is 2.27 bits per heavy atom. The van der Waals surface area contributed by atoms with Crippen molar-refractivity contribution in [3.63, 3.8) is 0 Å². The number of carbonyl (C=O) groups excluding carboxylic acids is 1. The molecule has 1 aromatic rings. The Morgan fingerprint density at radius 1 is 1.64 bits per heavy atom. The summed E-state index contributed by atoms with van der Waals surface area (Å²) < 4.78 is 0. The van der Waals surface area contributed by atoms with Crippen molar-refractivity contribution in [2.45, 2.75) is 6.92 Å². The summed E-state index contributed by atoms with van der Waals surface area (Å²) in [5, 5.41) is 16.3. The summed E-state index contributed by atoms with van der Waals surface area (Å²) in [5.41, 5.74) is 0. The predicted octanol–water partition coefficient (Wildman–Crippen LogP) is 0.649. The quantitative estimate of drug-likeness (QED) is 0.372. The topological polar surface area (TPSA) is 86.0 Å². The van der Waals surface area contributed by atoms with Gasteiger partial charge < -0.3 is 10.1 Å². The van der Waals surface area contributed by atoms with Crippen LogP contribution in [0, 0.1) is 10.1 Å². The van der Waals surface area contributed by atoms with Crippen molar-refractivity contribution in [2.75, 3.05) is 0 Å². The maximum atomic E-state index is 10.6. The third-order valence-corrected chi connectivity index (χ3v) is 1.85.